The van der Waals surface area contributed by atoms with Gasteiger partial charge in [0.05, 0.1) is 5.69 Å². The lowest BCUT2D eigenvalue weighted by Gasteiger charge is -2.23. The van der Waals surface area contributed by atoms with Crippen molar-refractivity contribution in [2.24, 2.45) is 5.92 Å². The molecule has 17 heavy (non-hydrogen) atoms. The number of rotatable bonds is 3. The predicted molar refractivity (Wildman–Crippen MR) is 66.4 cm³/mol. The average Bonchev–Trinajstić information content (AvgIpc) is 3.12. The Labute approximate surface area is 100 Å². The standard InChI is InChI=1S/C13H16N2O2/c1-8-13(16)15-11-6-10(4-5-12(11)17-8)14-7-9-2-3-9/h4-6,8-9,14H,2-3,7H2,1H3,(H,15,16). The van der Waals surface area contributed by atoms with Crippen molar-refractivity contribution in [3.63, 3.8) is 0 Å². The molecule has 1 aromatic rings. The van der Waals surface area contributed by atoms with Crippen LogP contribution in [0.5, 0.6) is 5.75 Å². The highest BCUT2D eigenvalue weighted by atomic mass is 16.5. The summed E-state index contributed by atoms with van der Waals surface area (Å²) in [4.78, 5) is 11.5. The summed E-state index contributed by atoms with van der Waals surface area (Å²) in [5, 5.41) is 6.23. The molecule has 90 valence electrons. The Morgan fingerprint density at radius 3 is 3.06 bits per heavy atom. The summed E-state index contributed by atoms with van der Waals surface area (Å²) in [6, 6.07) is 5.83. The number of carbonyl (C=O) groups is 1. The van der Waals surface area contributed by atoms with Gasteiger partial charge in [0.1, 0.15) is 5.75 Å². The average molecular weight is 232 g/mol. The number of anilines is 2. The maximum Gasteiger partial charge on any atom is 0.265 e. The summed E-state index contributed by atoms with van der Waals surface area (Å²) in [5.74, 6) is 1.49. The zero-order valence-electron chi connectivity index (χ0n) is 9.82. The van der Waals surface area contributed by atoms with Gasteiger partial charge < -0.3 is 15.4 Å². The van der Waals surface area contributed by atoms with Crippen LogP contribution >= 0.6 is 0 Å². The van der Waals surface area contributed by atoms with Crippen molar-refractivity contribution in [1.82, 2.24) is 0 Å². The minimum atomic E-state index is -0.409. The third-order valence-corrected chi connectivity index (χ3v) is 3.20. The number of carbonyl (C=O) groups excluding carboxylic acids is 1. The minimum Gasteiger partial charge on any atom is -0.479 e. The topological polar surface area (TPSA) is 50.4 Å². The number of amides is 1. The lowest BCUT2D eigenvalue weighted by molar-refractivity contribution is -0.122. The maximum atomic E-state index is 11.5. The monoisotopic (exact) mass is 232 g/mol. The second-order valence-corrected chi connectivity index (χ2v) is 4.78. The number of fused-ring (bicyclic) bond motifs is 1. The molecule has 1 aliphatic carbocycles. The summed E-state index contributed by atoms with van der Waals surface area (Å²) in [6.07, 6.45) is 2.25. The molecule has 0 saturated heterocycles. The van der Waals surface area contributed by atoms with Crippen molar-refractivity contribution in [3.05, 3.63) is 18.2 Å². The molecule has 4 nitrogen and oxygen atoms in total. The van der Waals surface area contributed by atoms with Gasteiger partial charge in [-0.25, -0.2) is 0 Å². The number of benzene rings is 1. The molecule has 2 N–H and O–H groups in total. The van der Waals surface area contributed by atoms with E-state index in [0.717, 1.165) is 29.6 Å². The van der Waals surface area contributed by atoms with Gasteiger partial charge in [0.15, 0.2) is 6.10 Å². The Morgan fingerprint density at radius 1 is 1.47 bits per heavy atom. The number of hydrogen-bond acceptors (Lipinski definition) is 3. The highest BCUT2D eigenvalue weighted by molar-refractivity contribution is 5.98. The minimum absolute atomic E-state index is 0.0863. The van der Waals surface area contributed by atoms with Gasteiger partial charge in [-0.2, -0.15) is 0 Å². The molecule has 1 heterocycles. The fraction of sp³-hybridized carbons (Fsp3) is 0.462. The molecule has 2 aliphatic rings. The van der Waals surface area contributed by atoms with Gasteiger partial charge in [-0.15, -0.1) is 0 Å². The summed E-state index contributed by atoms with van der Waals surface area (Å²) in [6.45, 7) is 2.77. The van der Waals surface area contributed by atoms with Gasteiger partial charge in [0, 0.05) is 12.2 Å². The Morgan fingerprint density at radius 2 is 2.29 bits per heavy atom. The molecule has 1 aromatic carbocycles. The second kappa shape index (κ2) is 3.95. The summed E-state index contributed by atoms with van der Waals surface area (Å²) < 4.78 is 5.50. The van der Waals surface area contributed by atoms with E-state index >= 15 is 0 Å². The third kappa shape index (κ3) is 2.20. The van der Waals surface area contributed by atoms with Crippen LogP contribution in [0, 0.1) is 5.92 Å². The highest BCUT2D eigenvalue weighted by Crippen LogP contribution is 2.33. The van der Waals surface area contributed by atoms with Crippen molar-refractivity contribution < 1.29 is 9.53 Å². The van der Waals surface area contributed by atoms with E-state index in [2.05, 4.69) is 10.6 Å². The quantitative estimate of drug-likeness (QED) is 0.840. The van der Waals surface area contributed by atoms with Crippen LogP contribution in [-0.2, 0) is 4.79 Å². The molecular formula is C13H16N2O2. The summed E-state index contributed by atoms with van der Waals surface area (Å²) in [7, 11) is 0. The molecule has 0 spiro atoms. The molecule has 1 aliphatic heterocycles. The van der Waals surface area contributed by atoms with Gasteiger partial charge in [0.2, 0.25) is 0 Å². The van der Waals surface area contributed by atoms with Crippen LogP contribution in [0.2, 0.25) is 0 Å². The fourth-order valence-electron chi connectivity index (χ4n) is 1.90. The van der Waals surface area contributed by atoms with Crippen LogP contribution in [-0.4, -0.2) is 18.6 Å². The highest BCUT2D eigenvalue weighted by Gasteiger charge is 2.24. The van der Waals surface area contributed by atoms with E-state index in [1.54, 1.807) is 6.92 Å². The van der Waals surface area contributed by atoms with Crippen LogP contribution in [0.3, 0.4) is 0 Å². The number of nitrogens with one attached hydrogen (secondary N) is 2. The lowest BCUT2D eigenvalue weighted by Crippen LogP contribution is -2.34. The van der Waals surface area contributed by atoms with Crippen LogP contribution in [0.15, 0.2) is 18.2 Å². The smallest absolute Gasteiger partial charge is 0.265 e. The van der Waals surface area contributed by atoms with E-state index in [1.807, 2.05) is 18.2 Å². The zero-order chi connectivity index (χ0) is 11.8. The first-order chi connectivity index (χ1) is 8.22. The molecule has 1 saturated carbocycles. The van der Waals surface area contributed by atoms with Gasteiger partial charge in [-0.05, 0) is 43.9 Å². The van der Waals surface area contributed by atoms with E-state index in [9.17, 15) is 4.79 Å². The van der Waals surface area contributed by atoms with E-state index in [1.165, 1.54) is 12.8 Å². The molecule has 1 amide bonds. The van der Waals surface area contributed by atoms with E-state index < -0.39 is 6.10 Å². The molecule has 3 rings (SSSR count). The molecular weight excluding hydrogens is 216 g/mol. The molecule has 1 atom stereocenters. The van der Waals surface area contributed by atoms with Gasteiger partial charge >= 0.3 is 0 Å². The Bertz CT molecular complexity index is 455. The predicted octanol–water partition coefficient (Wildman–Crippen LogP) is 2.23. The molecule has 0 bridgehead atoms. The normalized spacial score (nSPS) is 22.4. The van der Waals surface area contributed by atoms with Gasteiger partial charge in [-0.1, -0.05) is 0 Å². The van der Waals surface area contributed by atoms with Crippen LogP contribution in [0.1, 0.15) is 19.8 Å². The zero-order valence-corrected chi connectivity index (χ0v) is 9.82. The van der Waals surface area contributed by atoms with Crippen molar-refractivity contribution in [2.45, 2.75) is 25.9 Å². The summed E-state index contributed by atoms with van der Waals surface area (Å²) in [5.41, 5.74) is 1.79. The van der Waals surface area contributed by atoms with Crippen LogP contribution in [0.4, 0.5) is 11.4 Å². The van der Waals surface area contributed by atoms with Gasteiger partial charge in [0.25, 0.3) is 5.91 Å². The van der Waals surface area contributed by atoms with Crippen LogP contribution < -0.4 is 15.4 Å². The fourth-order valence-corrected chi connectivity index (χ4v) is 1.90. The van der Waals surface area contributed by atoms with E-state index in [4.69, 9.17) is 4.74 Å². The van der Waals surface area contributed by atoms with Crippen LogP contribution in [0.25, 0.3) is 0 Å². The SMILES string of the molecule is CC1Oc2ccc(NCC3CC3)cc2NC1=O. The van der Waals surface area contributed by atoms with Crippen molar-refractivity contribution in [3.8, 4) is 5.75 Å². The molecule has 1 unspecified atom stereocenters. The van der Waals surface area contributed by atoms with E-state index in [-0.39, 0.29) is 5.91 Å². The first kappa shape index (κ1) is 10.4. The Kier molecular flexibility index (Phi) is 2.42. The van der Waals surface area contributed by atoms with E-state index in [0.29, 0.717) is 0 Å². The van der Waals surface area contributed by atoms with Crippen molar-refractivity contribution >= 4 is 17.3 Å². The Balaban J connectivity index is 1.75. The molecule has 1 fully saturated rings. The van der Waals surface area contributed by atoms with Gasteiger partial charge in [-0.3, -0.25) is 4.79 Å². The molecule has 4 heteroatoms. The number of ether oxygens (including phenoxy) is 1. The van der Waals surface area contributed by atoms with Crippen molar-refractivity contribution in [2.75, 3.05) is 17.2 Å². The lowest BCUT2D eigenvalue weighted by atomic mass is 10.2. The maximum absolute atomic E-state index is 11.5. The third-order valence-electron chi connectivity index (χ3n) is 3.20. The number of hydrogen-bond donors (Lipinski definition) is 2. The Hall–Kier alpha value is -1.71. The first-order valence-electron chi connectivity index (χ1n) is 6.08. The largest absolute Gasteiger partial charge is 0.479 e. The van der Waals surface area contributed by atoms with Crippen molar-refractivity contribution in [1.29, 1.82) is 0 Å². The first-order valence-corrected chi connectivity index (χ1v) is 6.08. The molecule has 0 aromatic heterocycles. The second-order valence-electron chi connectivity index (χ2n) is 4.78. The summed E-state index contributed by atoms with van der Waals surface area (Å²) >= 11 is 0. The molecule has 0 radical (unpaired) electrons.